The first-order valence-corrected chi connectivity index (χ1v) is 10.2. The molecule has 1 heterocycles. The van der Waals surface area contributed by atoms with Crippen LogP contribution in [0.2, 0.25) is 0 Å². The molecule has 1 saturated carbocycles. The van der Waals surface area contributed by atoms with Crippen LogP contribution in [0, 0.1) is 5.92 Å². The molecule has 6 nitrogen and oxygen atoms in total. The van der Waals surface area contributed by atoms with Gasteiger partial charge in [0.25, 0.3) is 0 Å². The largest absolute Gasteiger partial charge is 0.492 e. The van der Waals surface area contributed by atoms with Crippen LogP contribution in [0.4, 0.5) is 0 Å². The van der Waals surface area contributed by atoms with Gasteiger partial charge in [-0.3, -0.25) is 4.90 Å². The smallest absolute Gasteiger partial charge is 0.188 e. The molecule has 0 atom stereocenters. The van der Waals surface area contributed by atoms with Gasteiger partial charge in [0.05, 0.1) is 6.54 Å². The van der Waals surface area contributed by atoms with Crippen LogP contribution in [0.25, 0.3) is 0 Å². The maximum absolute atomic E-state index is 5.96. The monoisotopic (exact) mass is 502 g/mol. The molecule has 1 aliphatic carbocycles. The highest BCUT2D eigenvalue weighted by Crippen LogP contribution is 2.25. The van der Waals surface area contributed by atoms with Crippen molar-refractivity contribution < 1.29 is 9.47 Å². The number of rotatable bonds is 9. The van der Waals surface area contributed by atoms with E-state index in [-0.39, 0.29) is 24.0 Å². The molecule has 7 heteroatoms. The standard InChI is InChI=1S/C21H34N4O2.HI/c1-25(19-8-11-26-12-9-19)10-13-27-20-7-3-6-18(14-20)16-24-21(22)23-15-17-4-2-5-17;/h3,6-7,14,17,19H,2,4-5,8-13,15-16H2,1H3,(H3,22,23,24);1H. The van der Waals surface area contributed by atoms with Gasteiger partial charge in [-0.15, -0.1) is 24.0 Å². The lowest BCUT2D eigenvalue weighted by atomic mass is 9.85. The minimum Gasteiger partial charge on any atom is -0.492 e. The zero-order valence-corrected chi connectivity index (χ0v) is 19.3. The van der Waals surface area contributed by atoms with Crippen molar-refractivity contribution in [2.75, 3.05) is 40.0 Å². The third-order valence-corrected chi connectivity index (χ3v) is 5.65. The fourth-order valence-electron chi connectivity index (χ4n) is 3.53. The van der Waals surface area contributed by atoms with Gasteiger partial charge >= 0.3 is 0 Å². The van der Waals surface area contributed by atoms with Crippen LogP contribution < -0.4 is 15.8 Å². The number of nitrogens with two attached hydrogens (primary N) is 1. The summed E-state index contributed by atoms with van der Waals surface area (Å²) in [6.45, 7) is 4.87. The maximum Gasteiger partial charge on any atom is 0.188 e. The van der Waals surface area contributed by atoms with Crippen molar-refractivity contribution in [1.82, 2.24) is 10.2 Å². The quantitative estimate of drug-likeness (QED) is 0.309. The van der Waals surface area contributed by atoms with E-state index in [0.29, 0.717) is 25.2 Å². The number of hydrogen-bond donors (Lipinski definition) is 2. The van der Waals surface area contributed by atoms with Crippen molar-refractivity contribution in [3.05, 3.63) is 29.8 Å². The van der Waals surface area contributed by atoms with E-state index in [4.69, 9.17) is 15.2 Å². The average Bonchev–Trinajstić information content (AvgIpc) is 2.66. The predicted octanol–water partition coefficient (Wildman–Crippen LogP) is 3.00. The van der Waals surface area contributed by atoms with Crippen LogP contribution in [-0.4, -0.2) is 56.9 Å². The number of nitrogens with zero attached hydrogens (tertiary/aromatic N) is 2. The SMILES string of the molecule is CN(CCOc1cccc(CN=C(N)NCC2CCC2)c1)C1CCOCC1.I. The Morgan fingerprint density at radius 3 is 2.79 bits per heavy atom. The summed E-state index contributed by atoms with van der Waals surface area (Å²) in [5.74, 6) is 2.20. The molecule has 3 rings (SSSR count). The molecule has 2 aliphatic rings. The second kappa shape index (κ2) is 12.5. The maximum atomic E-state index is 5.96. The Hall–Kier alpha value is -1.06. The van der Waals surface area contributed by atoms with E-state index in [1.165, 1.54) is 19.3 Å². The molecule has 3 N–H and O–H groups in total. The number of ether oxygens (including phenoxy) is 2. The van der Waals surface area contributed by atoms with Gasteiger partial charge in [0.1, 0.15) is 12.4 Å². The lowest BCUT2D eigenvalue weighted by Gasteiger charge is -2.31. The predicted molar refractivity (Wildman–Crippen MR) is 124 cm³/mol. The van der Waals surface area contributed by atoms with Crippen molar-refractivity contribution in [3.8, 4) is 5.75 Å². The summed E-state index contributed by atoms with van der Waals surface area (Å²) in [4.78, 5) is 6.82. The Kier molecular flexibility index (Phi) is 10.4. The van der Waals surface area contributed by atoms with Crippen LogP contribution in [0.3, 0.4) is 0 Å². The van der Waals surface area contributed by atoms with Crippen molar-refractivity contribution in [2.45, 2.75) is 44.7 Å². The normalized spacial score (nSPS) is 18.4. The number of hydrogen-bond acceptors (Lipinski definition) is 4. The van der Waals surface area contributed by atoms with Gasteiger partial charge in [-0.2, -0.15) is 0 Å². The van der Waals surface area contributed by atoms with Crippen LogP contribution in [0.15, 0.2) is 29.3 Å². The highest BCUT2D eigenvalue weighted by atomic mass is 127. The Morgan fingerprint density at radius 2 is 2.07 bits per heavy atom. The summed E-state index contributed by atoms with van der Waals surface area (Å²) in [7, 11) is 2.17. The number of halogens is 1. The molecule has 0 amide bonds. The molecule has 1 aromatic carbocycles. The van der Waals surface area contributed by atoms with Gasteiger partial charge in [-0.1, -0.05) is 18.6 Å². The van der Waals surface area contributed by atoms with Crippen LogP contribution in [0.1, 0.15) is 37.7 Å². The van der Waals surface area contributed by atoms with Crippen molar-refractivity contribution in [2.24, 2.45) is 16.6 Å². The van der Waals surface area contributed by atoms with Crippen LogP contribution in [-0.2, 0) is 11.3 Å². The fourth-order valence-corrected chi connectivity index (χ4v) is 3.53. The first-order valence-electron chi connectivity index (χ1n) is 10.2. The van der Waals surface area contributed by atoms with Crippen LogP contribution in [0.5, 0.6) is 5.75 Å². The number of likely N-dealkylation sites (N-methyl/N-ethyl adjacent to an activating group) is 1. The first-order chi connectivity index (χ1) is 13.2. The molecule has 0 bridgehead atoms. The molecular formula is C21H35IN4O2. The molecule has 158 valence electrons. The lowest BCUT2D eigenvalue weighted by molar-refractivity contribution is 0.0392. The van der Waals surface area contributed by atoms with Crippen molar-refractivity contribution in [3.63, 3.8) is 0 Å². The second-order valence-electron chi connectivity index (χ2n) is 7.70. The molecular weight excluding hydrogens is 467 g/mol. The fraction of sp³-hybridized carbons (Fsp3) is 0.667. The Morgan fingerprint density at radius 1 is 1.29 bits per heavy atom. The van der Waals surface area contributed by atoms with Gasteiger partial charge in [0, 0.05) is 32.3 Å². The average molecular weight is 502 g/mol. The zero-order valence-electron chi connectivity index (χ0n) is 16.9. The van der Waals surface area contributed by atoms with Crippen LogP contribution >= 0.6 is 24.0 Å². The summed E-state index contributed by atoms with van der Waals surface area (Å²) >= 11 is 0. The van der Waals surface area contributed by atoms with Crippen molar-refractivity contribution in [1.29, 1.82) is 0 Å². The van der Waals surface area contributed by atoms with Gasteiger partial charge in [0.2, 0.25) is 0 Å². The molecule has 0 aromatic heterocycles. The summed E-state index contributed by atoms with van der Waals surface area (Å²) in [6, 6.07) is 8.74. The molecule has 0 spiro atoms. The van der Waals surface area contributed by atoms with E-state index in [2.05, 4.69) is 34.4 Å². The van der Waals surface area contributed by atoms with E-state index >= 15 is 0 Å². The number of nitrogens with one attached hydrogen (secondary N) is 1. The highest BCUT2D eigenvalue weighted by Gasteiger charge is 2.18. The molecule has 1 saturated heterocycles. The molecule has 0 radical (unpaired) electrons. The first kappa shape index (κ1) is 23.2. The Bertz CT molecular complexity index is 604. The third kappa shape index (κ3) is 7.75. The molecule has 1 aromatic rings. The Balaban J connectivity index is 0.00000280. The molecule has 0 unspecified atom stereocenters. The van der Waals surface area contributed by atoms with Gasteiger partial charge in [-0.05, 0) is 56.3 Å². The van der Waals surface area contributed by atoms with Gasteiger partial charge in [0.15, 0.2) is 5.96 Å². The minimum atomic E-state index is 0. The molecule has 1 aliphatic heterocycles. The van der Waals surface area contributed by atoms with E-state index in [0.717, 1.165) is 56.4 Å². The summed E-state index contributed by atoms with van der Waals surface area (Å²) in [5, 5.41) is 3.23. The summed E-state index contributed by atoms with van der Waals surface area (Å²) in [5.41, 5.74) is 7.07. The minimum absolute atomic E-state index is 0. The zero-order chi connectivity index (χ0) is 18.9. The van der Waals surface area contributed by atoms with Gasteiger partial charge in [-0.25, -0.2) is 4.99 Å². The number of benzene rings is 1. The lowest BCUT2D eigenvalue weighted by Crippen LogP contribution is -2.38. The van der Waals surface area contributed by atoms with E-state index < -0.39 is 0 Å². The summed E-state index contributed by atoms with van der Waals surface area (Å²) in [6.07, 6.45) is 6.19. The van der Waals surface area contributed by atoms with Crippen molar-refractivity contribution >= 4 is 29.9 Å². The topological polar surface area (TPSA) is 72.1 Å². The highest BCUT2D eigenvalue weighted by molar-refractivity contribution is 14.0. The van der Waals surface area contributed by atoms with Gasteiger partial charge < -0.3 is 20.5 Å². The second-order valence-corrected chi connectivity index (χ2v) is 7.70. The molecule has 2 fully saturated rings. The third-order valence-electron chi connectivity index (χ3n) is 5.65. The van der Waals surface area contributed by atoms with E-state index in [9.17, 15) is 0 Å². The van der Waals surface area contributed by atoms with E-state index in [1.54, 1.807) is 0 Å². The molecule has 28 heavy (non-hydrogen) atoms. The van der Waals surface area contributed by atoms with E-state index in [1.807, 2.05) is 12.1 Å². The summed E-state index contributed by atoms with van der Waals surface area (Å²) < 4.78 is 11.4. The number of aliphatic imine (C=N–C) groups is 1. The number of guanidine groups is 1. The Labute approximate surface area is 186 Å².